The van der Waals surface area contributed by atoms with Crippen molar-refractivity contribution in [2.75, 3.05) is 13.6 Å². The summed E-state index contributed by atoms with van der Waals surface area (Å²) in [6.07, 6.45) is 1.56. The Labute approximate surface area is 95.5 Å². The van der Waals surface area contributed by atoms with E-state index in [9.17, 15) is 8.42 Å². The number of rotatable bonds is 6. The molecule has 0 aromatic carbocycles. The highest BCUT2D eigenvalue weighted by Gasteiger charge is 2.19. The van der Waals surface area contributed by atoms with Crippen molar-refractivity contribution in [2.24, 2.45) is 0 Å². The molecular formula is C9H17N3O3S. The largest absolute Gasteiger partial charge is 0.445 e. The number of sulfonamides is 1. The molecule has 2 N–H and O–H groups in total. The Morgan fingerprint density at radius 3 is 2.75 bits per heavy atom. The molecule has 0 aliphatic heterocycles. The average molecular weight is 247 g/mol. The first kappa shape index (κ1) is 13.1. The fraction of sp³-hybridized carbons (Fsp3) is 0.667. The SMILES string of the molecule is CNCC(C)S(=O)(=O)NCc1ncc(C)o1. The van der Waals surface area contributed by atoms with E-state index >= 15 is 0 Å². The summed E-state index contributed by atoms with van der Waals surface area (Å²) in [6, 6.07) is 0. The van der Waals surface area contributed by atoms with Crippen LogP contribution >= 0.6 is 0 Å². The van der Waals surface area contributed by atoms with Gasteiger partial charge in [-0.3, -0.25) is 0 Å². The van der Waals surface area contributed by atoms with Gasteiger partial charge in [0.25, 0.3) is 0 Å². The summed E-state index contributed by atoms with van der Waals surface area (Å²) >= 11 is 0. The molecule has 16 heavy (non-hydrogen) atoms. The molecule has 0 radical (unpaired) electrons. The Bertz CT molecular complexity index is 427. The van der Waals surface area contributed by atoms with Gasteiger partial charge in [0.05, 0.1) is 18.0 Å². The van der Waals surface area contributed by atoms with Gasteiger partial charge in [-0.1, -0.05) is 0 Å². The van der Waals surface area contributed by atoms with E-state index in [1.54, 1.807) is 27.1 Å². The summed E-state index contributed by atoms with van der Waals surface area (Å²) in [6.45, 7) is 3.89. The molecule has 92 valence electrons. The number of aromatic nitrogens is 1. The molecule has 0 aliphatic carbocycles. The van der Waals surface area contributed by atoms with Crippen molar-refractivity contribution < 1.29 is 12.8 Å². The quantitative estimate of drug-likeness (QED) is 0.740. The maximum absolute atomic E-state index is 11.7. The Hall–Kier alpha value is -0.920. The van der Waals surface area contributed by atoms with Gasteiger partial charge in [0.15, 0.2) is 0 Å². The fourth-order valence-corrected chi connectivity index (χ4v) is 2.18. The maximum Gasteiger partial charge on any atom is 0.215 e. The summed E-state index contributed by atoms with van der Waals surface area (Å²) in [5.74, 6) is 1.04. The molecule has 7 heteroatoms. The van der Waals surface area contributed by atoms with Crippen LogP contribution in [-0.4, -0.2) is 32.2 Å². The van der Waals surface area contributed by atoms with Crippen LogP contribution in [-0.2, 0) is 16.6 Å². The second kappa shape index (κ2) is 5.42. The van der Waals surface area contributed by atoms with Crippen LogP contribution in [0.2, 0.25) is 0 Å². The minimum absolute atomic E-state index is 0.0875. The minimum Gasteiger partial charge on any atom is -0.445 e. The third kappa shape index (κ3) is 3.58. The van der Waals surface area contributed by atoms with Crippen molar-refractivity contribution in [1.82, 2.24) is 15.0 Å². The van der Waals surface area contributed by atoms with Gasteiger partial charge in [-0.2, -0.15) is 0 Å². The Balaban J connectivity index is 2.54. The first-order valence-electron chi connectivity index (χ1n) is 5.00. The monoisotopic (exact) mass is 247 g/mol. The van der Waals surface area contributed by atoms with Crippen LogP contribution in [0.5, 0.6) is 0 Å². The molecule has 1 rings (SSSR count). The van der Waals surface area contributed by atoms with Gasteiger partial charge in [0.2, 0.25) is 15.9 Å². The summed E-state index contributed by atoms with van der Waals surface area (Å²) in [5, 5.41) is 2.33. The molecule has 0 amide bonds. The third-order valence-corrected chi connectivity index (χ3v) is 3.89. The summed E-state index contributed by atoms with van der Waals surface area (Å²) in [4.78, 5) is 3.91. The lowest BCUT2D eigenvalue weighted by atomic mass is 10.5. The maximum atomic E-state index is 11.7. The predicted molar refractivity (Wildman–Crippen MR) is 60.4 cm³/mol. The third-order valence-electron chi connectivity index (χ3n) is 2.12. The number of hydrogen-bond donors (Lipinski definition) is 2. The minimum atomic E-state index is -3.32. The smallest absolute Gasteiger partial charge is 0.215 e. The molecule has 1 aromatic heterocycles. The zero-order chi connectivity index (χ0) is 12.2. The molecule has 0 saturated heterocycles. The Kier molecular flexibility index (Phi) is 4.45. The van der Waals surface area contributed by atoms with E-state index in [4.69, 9.17) is 4.42 Å². The van der Waals surface area contributed by atoms with Gasteiger partial charge in [0.1, 0.15) is 5.76 Å². The van der Waals surface area contributed by atoms with Crippen LogP contribution < -0.4 is 10.0 Å². The number of hydrogen-bond acceptors (Lipinski definition) is 5. The normalized spacial score (nSPS) is 13.9. The van der Waals surface area contributed by atoms with Gasteiger partial charge < -0.3 is 9.73 Å². The van der Waals surface area contributed by atoms with E-state index < -0.39 is 15.3 Å². The van der Waals surface area contributed by atoms with Crippen LogP contribution in [0, 0.1) is 6.92 Å². The molecule has 0 bridgehead atoms. The summed E-state index contributed by atoms with van der Waals surface area (Å²) in [5.41, 5.74) is 0. The first-order chi connectivity index (χ1) is 7.45. The second-order valence-electron chi connectivity index (χ2n) is 3.60. The molecule has 1 atom stereocenters. The Morgan fingerprint density at radius 1 is 1.56 bits per heavy atom. The molecule has 1 aromatic rings. The zero-order valence-electron chi connectivity index (χ0n) is 9.65. The van der Waals surface area contributed by atoms with E-state index in [0.717, 1.165) is 0 Å². The van der Waals surface area contributed by atoms with Crippen molar-refractivity contribution in [3.05, 3.63) is 17.8 Å². The highest BCUT2D eigenvalue weighted by atomic mass is 32.2. The molecule has 0 fully saturated rings. The second-order valence-corrected chi connectivity index (χ2v) is 5.78. The lowest BCUT2D eigenvalue weighted by Crippen LogP contribution is -2.37. The van der Waals surface area contributed by atoms with Crippen LogP contribution in [0.15, 0.2) is 10.6 Å². The lowest BCUT2D eigenvalue weighted by Gasteiger charge is -2.12. The van der Waals surface area contributed by atoms with Gasteiger partial charge in [0, 0.05) is 6.54 Å². The van der Waals surface area contributed by atoms with Gasteiger partial charge >= 0.3 is 0 Å². The van der Waals surface area contributed by atoms with Gasteiger partial charge in [-0.15, -0.1) is 0 Å². The summed E-state index contributed by atoms with van der Waals surface area (Å²) < 4.78 is 31.0. The van der Waals surface area contributed by atoms with Crippen LogP contribution in [0.1, 0.15) is 18.6 Å². The number of nitrogens with one attached hydrogen (secondary N) is 2. The highest BCUT2D eigenvalue weighted by Crippen LogP contribution is 2.03. The molecule has 1 unspecified atom stereocenters. The lowest BCUT2D eigenvalue weighted by molar-refractivity contribution is 0.462. The molecule has 6 nitrogen and oxygen atoms in total. The fourth-order valence-electron chi connectivity index (χ4n) is 1.18. The van der Waals surface area contributed by atoms with E-state index in [1.807, 2.05) is 0 Å². The first-order valence-corrected chi connectivity index (χ1v) is 6.54. The Morgan fingerprint density at radius 2 is 2.25 bits per heavy atom. The van der Waals surface area contributed by atoms with E-state index in [1.165, 1.54) is 0 Å². The van der Waals surface area contributed by atoms with Crippen molar-refractivity contribution >= 4 is 10.0 Å². The summed E-state index contributed by atoms with van der Waals surface area (Å²) in [7, 11) is -1.61. The number of nitrogens with zero attached hydrogens (tertiary/aromatic N) is 1. The molecular weight excluding hydrogens is 230 g/mol. The van der Waals surface area contributed by atoms with Crippen molar-refractivity contribution in [2.45, 2.75) is 25.6 Å². The molecule has 0 aliphatic rings. The standard InChI is InChI=1S/C9H17N3O3S/c1-7-4-11-9(15-7)6-12-16(13,14)8(2)5-10-3/h4,8,10,12H,5-6H2,1-3H3. The van der Waals surface area contributed by atoms with E-state index in [2.05, 4.69) is 15.0 Å². The van der Waals surface area contributed by atoms with E-state index in [-0.39, 0.29) is 6.54 Å². The van der Waals surface area contributed by atoms with Crippen LogP contribution in [0.3, 0.4) is 0 Å². The van der Waals surface area contributed by atoms with Crippen molar-refractivity contribution in [3.8, 4) is 0 Å². The molecule has 0 saturated carbocycles. The zero-order valence-corrected chi connectivity index (χ0v) is 10.5. The van der Waals surface area contributed by atoms with Gasteiger partial charge in [-0.25, -0.2) is 18.1 Å². The molecule has 1 heterocycles. The van der Waals surface area contributed by atoms with Gasteiger partial charge in [-0.05, 0) is 20.9 Å². The molecule has 0 spiro atoms. The average Bonchev–Trinajstić information content (AvgIpc) is 2.62. The topological polar surface area (TPSA) is 84.2 Å². The highest BCUT2D eigenvalue weighted by molar-refractivity contribution is 7.90. The van der Waals surface area contributed by atoms with Crippen LogP contribution in [0.4, 0.5) is 0 Å². The predicted octanol–water partition coefficient (Wildman–Crippen LogP) is 0.0103. The number of oxazole rings is 1. The van der Waals surface area contributed by atoms with Crippen molar-refractivity contribution in [3.63, 3.8) is 0 Å². The van der Waals surface area contributed by atoms with Crippen molar-refractivity contribution in [1.29, 1.82) is 0 Å². The number of aryl methyl sites for hydroxylation is 1. The van der Waals surface area contributed by atoms with E-state index in [0.29, 0.717) is 18.2 Å². The van der Waals surface area contributed by atoms with Crippen LogP contribution in [0.25, 0.3) is 0 Å².